The second kappa shape index (κ2) is 6.73. The van der Waals surface area contributed by atoms with Gasteiger partial charge in [0.1, 0.15) is 0 Å². The maximum atomic E-state index is 10.6. The molecule has 4 heteroatoms. The molecule has 0 radical (unpaired) electrons. The minimum absolute atomic E-state index is 0.508. The Morgan fingerprint density at radius 2 is 1.85 bits per heavy atom. The lowest BCUT2D eigenvalue weighted by Crippen LogP contribution is -2.52. The average Bonchev–Trinajstić information content (AvgIpc) is 2.38. The summed E-state index contributed by atoms with van der Waals surface area (Å²) in [5.41, 5.74) is -0.140. The van der Waals surface area contributed by atoms with Gasteiger partial charge >= 0.3 is 0 Å². The Morgan fingerprint density at radius 3 is 2.45 bits per heavy atom. The maximum Gasteiger partial charge on any atom is 0.0869 e. The van der Waals surface area contributed by atoms with Gasteiger partial charge in [0.05, 0.1) is 18.8 Å². The van der Waals surface area contributed by atoms with Crippen molar-refractivity contribution in [3.8, 4) is 0 Å². The average molecular weight is 284 g/mol. The molecule has 2 rings (SSSR count). The number of hydrogen-bond acceptors (Lipinski definition) is 4. The predicted octanol–water partition coefficient (Wildman–Crippen LogP) is 1.63. The molecule has 20 heavy (non-hydrogen) atoms. The summed E-state index contributed by atoms with van der Waals surface area (Å²) < 4.78 is 5.35. The molecular weight excluding hydrogens is 252 g/mol. The lowest BCUT2D eigenvalue weighted by Gasteiger charge is -2.38. The van der Waals surface area contributed by atoms with Crippen molar-refractivity contribution in [1.82, 2.24) is 10.2 Å². The van der Waals surface area contributed by atoms with Crippen LogP contribution in [0, 0.1) is 5.41 Å². The molecule has 0 aromatic rings. The van der Waals surface area contributed by atoms with E-state index in [4.69, 9.17) is 4.74 Å². The maximum absolute atomic E-state index is 10.6. The quantitative estimate of drug-likeness (QED) is 0.805. The Balaban J connectivity index is 1.69. The first-order valence-corrected chi connectivity index (χ1v) is 8.12. The lowest BCUT2D eigenvalue weighted by molar-refractivity contribution is -0.0236. The molecule has 0 aromatic carbocycles. The summed E-state index contributed by atoms with van der Waals surface area (Å²) in [5.74, 6) is 0. The molecule has 0 amide bonds. The molecule has 0 bridgehead atoms. The molecule has 1 saturated heterocycles. The smallest absolute Gasteiger partial charge is 0.0869 e. The molecular formula is C16H32N2O2. The summed E-state index contributed by atoms with van der Waals surface area (Å²) in [6.07, 6.45) is 5.05. The fraction of sp³-hybridized carbons (Fsp3) is 1.00. The summed E-state index contributed by atoms with van der Waals surface area (Å²) in [4.78, 5) is 2.30. The van der Waals surface area contributed by atoms with Crippen LogP contribution in [0.3, 0.4) is 0 Å². The largest absolute Gasteiger partial charge is 0.388 e. The van der Waals surface area contributed by atoms with Gasteiger partial charge in [0.15, 0.2) is 0 Å². The van der Waals surface area contributed by atoms with Gasteiger partial charge in [-0.1, -0.05) is 13.8 Å². The molecule has 1 heterocycles. The van der Waals surface area contributed by atoms with Crippen molar-refractivity contribution in [3.63, 3.8) is 0 Å². The Kier molecular flexibility index (Phi) is 5.46. The van der Waals surface area contributed by atoms with Crippen LogP contribution in [-0.2, 0) is 4.74 Å². The van der Waals surface area contributed by atoms with E-state index in [0.717, 1.165) is 32.8 Å². The van der Waals surface area contributed by atoms with Crippen LogP contribution in [0.2, 0.25) is 0 Å². The highest BCUT2D eigenvalue weighted by Gasteiger charge is 2.29. The highest BCUT2D eigenvalue weighted by atomic mass is 16.5. The zero-order valence-corrected chi connectivity index (χ0v) is 13.5. The number of nitrogens with one attached hydrogen (secondary N) is 1. The SMILES string of the molecule is CC1(C)CCC(NCC(C)(O)CN2CCOCC2)CC1. The number of β-amino-alcohol motifs (C(OH)–C–C–N with tert-alkyl or cyclic N) is 1. The minimum Gasteiger partial charge on any atom is -0.388 e. The van der Waals surface area contributed by atoms with E-state index >= 15 is 0 Å². The van der Waals surface area contributed by atoms with Gasteiger partial charge in [0, 0.05) is 32.2 Å². The van der Waals surface area contributed by atoms with E-state index in [9.17, 15) is 5.11 Å². The number of nitrogens with zero attached hydrogens (tertiary/aromatic N) is 1. The summed E-state index contributed by atoms with van der Waals surface area (Å²) in [6, 6.07) is 0.583. The van der Waals surface area contributed by atoms with E-state index in [1.54, 1.807) is 0 Å². The molecule has 1 atom stereocenters. The van der Waals surface area contributed by atoms with Crippen LogP contribution in [0.4, 0.5) is 0 Å². The van der Waals surface area contributed by atoms with Crippen molar-refractivity contribution >= 4 is 0 Å². The first kappa shape index (κ1) is 16.2. The highest BCUT2D eigenvalue weighted by Crippen LogP contribution is 2.35. The van der Waals surface area contributed by atoms with Crippen LogP contribution < -0.4 is 5.32 Å². The van der Waals surface area contributed by atoms with Gasteiger partial charge < -0.3 is 15.2 Å². The number of ether oxygens (including phenoxy) is 1. The van der Waals surface area contributed by atoms with Crippen molar-refractivity contribution in [1.29, 1.82) is 0 Å². The lowest BCUT2D eigenvalue weighted by atomic mass is 9.75. The van der Waals surface area contributed by atoms with E-state index in [0.29, 0.717) is 18.0 Å². The van der Waals surface area contributed by atoms with Crippen LogP contribution in [0.15, 0.2) is 0 Å². The predicted molar refractivity (Wildman–Crippen MR) is 81.9 cm³/mol. The van der Waals surface area contributed by atoms with Gasteiger partial charge in [-0.3, -0.25) is 4.90 Å². The summed E-state index contributed by atoms with van der Waals surface area (Å²) in [7, 11) is 0. The molecule has 4 nitrogen and oxygen atoms in total. The van der Waals surface area contributed by atoms with E-state index in [1.165, 1.54) is 25.7 Å². The molecule has 1 saturated carbocycles. The van der Waals surface area contributed by atoms with Crippen molar-refractivity contribution in [2.45, 2.75) is 58.1 Å². The topological polar surface area (TPSA) is 44.7 Å². The fourth-order valence-electron chi connectivity index (χ4n) is 3.26. The van der Waals surface area contributed by atoms with Crippen LogP contribution >= 0.6 is 0 Å². The van der Waals surface area contributed by atoms with Crippen LogP contribution in [0.1, 0.15) is 46.5 Å². The molecule has 2 fully saturated rings. The second-order valence-corrected chi connectivity index (χ2v) is 7.70. The van der Waals surface area contributed by atoms with Crippen LogP contribution in [-0.4, -0.2) is 61.0 Å². The Bertz CT molecular complexity index is 289. The van der Waals surface area contributed by atoms with Crippen LogP contribution in [0.25, 0.3) is 0 Å². The third-order valence-corrected chi connectivity index (χ3v) is 4.78. The third kappa shape index (κ3) is 5.32. The van der Waals surface area contributed by atoms with Gasteiger partial charge in [0.2, 0.25) is 0 Å². The summed E-state index contributed by atoms with van der Waals surface area (Å²) in [5, 5.41) is 14.1. The van der Waals surface area contributed by atoms with E-state index < -0.39 is 5.60 Å². The second-order valence-electron chi connectivity index (χ2n) is 7.70. The van der Waals surface area contributed by atoms with E-state index in [1.807, 2.05) is 6.92 Å². The molecule has 0 aromatic heterocycles. The molecule has 2 N–H and O–H groups in total. The molecule has 118 valence electrons. The van der Waals surface area contributed by atoms with Crippen molar-refractivity contribution in [2.75, 3.05) is 39.4 Å². The molecule has 2 aliphatic rings. The zero-order chi connectivity index (χ0) is 14.6. The number of morpholine rings is 1. The Labute approximate surface area is 123 Å². The van der Waals surface area contributed by atoms with Gasteiger partial charge in [-0.15, -0.1) is 0 Å². The summed E-state index contributed by atoms with van der Waals surface area (Å²) in [6.45, 7) is 11.6. The number of rotatable bonds is 5. The normalized spacial score (nSPS) is 28.2. The molecule has 1 aliphatic carbocycles. The van der Waals surface area contributed by atoms with Crippen molar-refractivity contribution in [3.05, 3.63) is 0 Å². The summed E-state index contributed by atoms with van der Waals surface area (Å²) >= 11 is 0. The standard InChI is InChI=1S/C16H32N2O2/c1-15(2)6-4-14(5-7-15)17-12-16(3,19)13-18-8-10-20-11-9-18/h14,17,19H,4-13H2,1-3H3. The minimum atomic E-state index is -0.649. The van der Waals surface area contributed by atoms with Crippen molar-refractivity contribution in [2.24, 2.45) is 5.41 Å². The first-order valence-electron chi connectivity index (χ1n) is 8.12. The Hall–Kier alpha value is -0.160. The number of hydrogen-bond donors (Lipinski definition) is 2. The Morgan fingerprint density at radius 1 is 1.25 bits per heavy atom. The van der Waals surface area contributed by atoms with Gasteiger partial charge in [0.25, 0.3) is 0 Å². The fourth-order valence-corrected chi connectivity index (χ4v) is 3.26. The molecule has 1 unspecified atom stereocenters. The highest BCUT2D eigenvalue weighted by molar-refractivity contribution is 4.86. The van der Waals surface area contributed by atoms with Crippen LogP contribution in [0.5, 0.6) is 0 Å². The van der Waals surface area contributed by atoms with Gasteiger partial charge in [-0.25, -0.2) is 0 Å². The monoisotopic (exact) mass is 284 g/mol. The van der Waals surface area contributed by atoms with E-state index in [-0.39, 0.29) is 0 Å². The van der Waals surface area contributed by atoms with Crippen molar-refractivity contribution < 1.29 is 9.84 Å². The van der Waals surface area contributed by atoms with Gasteiger partial charge in [-0.2, -0.15) is 0 Å². The first-order chi connectivity index (χ1) is 9.36. The molecule has 0 spiro atoms. The third-order valence-electron chi connectivity index (χ3n) is 4.78. The number of aliphatic hydroxyl groups is 1. The van der Waals surface area contributed by atoms with E-state index in [2.05, 4.69) is 24.1 Å². The zero-order valence-electron chi connectivity index (χ0n) is 13.5. The molecule has 1 aliphatic heterocycles. The van der Waals surface area contributed by atoms with Gasteiger partial charge in [-0.05, 0) is 38.0 Å².